The Morgan fingerprint density at radius 2 is 2.00 bits per heavy atom. The standard InChI is InChI=1S/C12H17N3O3/c1-8(9-3-5-14-6-4-9)15(2)12(18)10(13)7-11(16)17/h3-6,8,10H,7,13H2,1-2H3,(H,16,17). The van der Waals surface area contributed by atoms with E-state index >= 15 is 0 Å². The number of aliphatic carboxylic acids is 1. The number of carboxylic acid groups (broad SMARTS) is 1. The van der Waals surface area contributed by atoms with Crippen molar-refractivity contribution in [2.45, 2.75) is 25.4 Å². The van der Waals surface area contributed by atoms with Crippen molar-refractivity contribution in [1.29, 1.82) is 0 Å². The molecule has 0 aromatic carbocycles. The molecule has 1 amide bonds. The SMILES string of the molecule is CC(c1ccncc1)N(C)C(=O)C(N)CC(=O)O. The predicted octanol–water partition coefficient (Wildman–Crippen LogP) is 0.403. The molecule has 0 bridgehead atoms. The Morgan fingerprint density at radius 1 is 1.44 bits per heavy atom. The Balaban J connectivity index is 2.72. The number of nitrogens with zero attached hydrogens (tertiary/aromatic N) is 2. The summed E-state index contributed by atoms with van der Waals surface area (Å²) in [4.78, 5) is 27.8. The molecule has 2 atom stereocenters. The lowest BCUT2D eigenvalue weighted by Crippen LogP contribution is -2.43. The number of aromatic nitrogens is 1. The molecule has 6 heteroatoms. The molecule has 6 nitrogen and oxygen atoms in total. The quantitative estimate of drug-likeness (QED) is 0.789. The first-order valence-corrected chi connectivity index (χ1v) is 5.57. The minimum Gasteiger partial charge on any atom is -0.481 e. The van der Waals surface area contributed by atoms with E-state index in [9.17, 15) is 9.59 Å². The van der Waals surface area contributed by atoms with Crippen LogP contribution < -0.4 is 5.73 Å². The molecule has 18 heavy (non-hydrogen) atoms. The summed E-state index contributed by atoms with van der Waals surface area (Å²) in [5.74, 6) is -1.47. The Morgan fingerprint density at radius 3 is 2.50 bits per heavy atom. The van der Waals surface area contributed by atoms with E-state index in [1.165, 1.54) is 4.90 Å². The zero-order valence-corrected chi connectivity index (χ0v) is 10.4. The van der Waals surface area contributed by atoms with E-state index in [0.29, 0.717) is 0 Å². The van der Waals surface area contributed by atoms with Crippen molar-refractivity contribution in [3.05, 3.63) is 30.1 Å². The van der Waals surface area contributed by atoms with Crippen molar-refractivity contribution in [3.63, 3.8) is 0 Å². The van der Waals surface area contributed by atoms with Gasteiger partial charge in [-0.15, -0.1) is 0 Å². The first-order valence-electron chi connectivity index (χ1n) is 5.57. The normalized spacial score (nSPS) is 13.7. The lowest BCUT2D eigenvalue weighted by molar-refractivity contribution is -0.142. The van der Waals surface area contributed by atoms with Gasteiger partial charge in [0.1, 0.15) is 0 Å². The Bertz CT molecular complexity index is 422. The van der Waals surface area contributed by atoms with E-state index in [2.05, 4.69) is 4.98 Å². The van der Waals surface area contributed by atoms with E-state index in [1.54, 1.807) is 31.6 Å². The summed E-state index contributed by atoms with van der Waals surface area (Å²) in [5, 5.41) is 8.61. The lowest BCUT2D eigenvalue weighted by Gasteiger charge is -2.27. The number of rotatable bonds is 5. The largest absolute Gasteiger partial charge is 0.481 e. The van der Waals surface area contributed by atoms with E-state index in [0.717, 1.165) is 5.56 Å². The van der Waals surface area contributed by atoms with Gasteiger partial charge in [0.15, 0.2) is 0 Å². The number of nitrogens with two attached hydrogens (primary N) is 1. The van der Waals surface area contributed by atoms with Crippen molar-refractivity contribution < 1.29 is 14.7 Å². The van der Waals surface area contributed by atoms with Crippen LogP contribution in [0.25, 0.3) is 0 Å². The number of carbonyl (C=O) groups excluding carboxylic acids is 1. The highest BCUT2D eigenvalue weighted by Crippen LogP contribution is 2.18. The van der Waals surface area contributed by atoms with E-state index in [-0.39, 0.29) is 18.4 Å². The molecule has 0 saturated carbocycles. The van der Waals surface area contributed by atoms with Gasteiger partial charge in [-0.2, -0.15) is 0 Å². The summed E-state index contributed by atoms with van der Waals surface area (Å²) in [6.45, 7) is 1.85. The average molecular weight is 251 g/mol. The van der Waals surface area contributed by atoms with Crippen LogP contribution >= 0.6 is 0 Å². The van der Waals surface area contributed by atoms with Gasteiger partial charge in [-0.3, -0.25) is 14.6 Å². The predicted molar refractivity (Wildman–Crippen MR) is 65.7 cm³/mol. The monoisotopic (exact) mass is 251 g/mol. The minimum absolute atomic E-state index is 0.180. The third-order valence-corrected chi connectivity index (χ3v) is 2.83. The second kappa shape index (κ2) is 6.11. The fourth-order valence-corrected chi connectivity index (χ4v) is 1.59. The molecule has 1 rings (SSSR count). The summed E-state index contributed by atoms with van der Waals surface area (Å²) >= 11 is 0. The van der Waals surface area contributed by atoms with Gasteiger partial charge >= 0.3 is 5.97 Å². The van der Waals surface area contributed by atoms with Crippen molar-refractivity contribution in [2.75, 3.05) is 7.05 Å². The van der Waals surface area contributed by atoms with Crippen molar-refractivity contribution in [3.8, 4) is 0 Å². The van der Waals surface area contributed by atoms with Crippen LogP contribution in [0.4, 0.5) is 0 Å². The molecular weight excluding hydrogens is 234 g/mol. The highest BCUT2D eigenvalue weighted by atomic mass is 16.4. The van der Waals surface area contributed by atoms with Gasteiger partial charge in [-0.1, -0.05) is 0 Å². The van der Waals surface area contributed by atoms with Gasteiger partial charge in [-0.25, -0.2) is 0 Å². The van der Waals surface area contributed by atoms with Gasteiger partial charge in [0.25, 0.3) is 0 Å². The van der Waals surface area contributed by atoms with Crippen LogP contribution in [0.15, 0.2) is 24.5 Å². The number of hydrogen-bond donors (Lipinski definition) is 2. The minimum atomic E-state index is -1.08. The zero-order chi connectivity index (χ0) is 13.7. The van der Waals surface area contributed by atoms with Crippen LogP contribution in [0.2, 0.25) is 0 Å². The molecule has 0 spiro atoms. The first-order chi connectivity index (χ1) is 8.43. The van der Waals surface area contributed by atoms with Crippen molar-refractivity contribution >= 4 is 11.9 Å². The number of pyridine rings is 1. The fraction of sp³-hybridized carbons (Fsp3) is 0.417. The van der Waals surface area contributed by atoms with Crippen LogP contribution in [0, 0.1) is 0 Å². The molecule has 0 radical (unpaired) electrons. The Labute approximate surface area is 105 Å². The summed E-state index contributed by atoms with van der Waals surface area (Å²) in [6.07, 6.45) is 2.91. The topological polar surface area (TPSA) is 96.5 Å². The smallest absolute Gasteiger partial charge is 0.305 e. The second-order valence-electron chi connectivity index (χ2n) is 4.11. The molecule has 0 aliphatic carbocycles. The molecule has 0 aliphatic heterocycles. The molecular formula is C12H17N3O3. The van der Waals surface area contributed by atoms with Crippen molar-refractivity contribution in [2.24, 2.45) is 5.73 Å². The molecule has 3 N–H and O–H groups in total. The maximum Gasteiger partial charge on any atom is 0.305 e. The van der Waals surface area contributed by atoms with E-state index in [1.807, 2.05) is 6.92 Å². The molecule has 0 fully saturated rings. The van der Waals surface area contributed by atoms with Crippen LogP contribution in [0.1, 0.15) is 24.9 Å². The third kappa shape index (κ3) is 3.53. The average Bonchev–Trinajstić information content (AvgIpc) is 2.36. The first kappa shape index (κ1) is 14.1. The highest BCUT2D eigenvalue weighted by Gasteiger charge is 2.24. The summed E-state index contributed by atoms with van der Waals surface area (Å²) < 4.78 is 0. The van der Waals surface area contributed by atoms with Gasteiger partial charge in [0.05, 0.1) is 18.5 Å². The Kier molecular flexibility index (Phi) is 4.79. The molecule has 1 aromatic rings. The van der Waals surface area contributed by atoms with E-state index < -0.39 is 12.0 Å². The summed E-state index contributed by atoms with van der Waals surface area (Å²) in [7, 11) is 1.61. The number of likely N-dealkylation sites (N-methyl/N-ethyl adjacent to an activating group) is 1. The molecule has 0 aliphatic rings. The zero-order valence-electron chi connectivity index (χ0n) is 10.4. The molecule has 1 aromatic heterocycles. The second-order valence-corrected chi connectivity index (χ2v) is 4.11. The van der Waals surface area contributed by atoms with Gasteiger partial charge in [0.2, 0.25) is 5.91 Å². The summed E-state index contributed by atoms with van der Waals surface area (Å²) in [6, 6.07) is 2.41. The molecule has 98 valence electrons. The number of carboxylic acids is 1. The van der Waals surface area contributed by atoms with Crippen LogP contribution in [0.5, 0.6) is 0 Å². The maximum atomic E-state index is 11.9. The fourth-order valence-electron chi connectivity index (χ4n) is 1.59. The van der Waals surface area contributed by atoms with Gasteiger partial charge in [-0.05, 0) is 24.6 Å². The molecule has 2 unspecified atom stereocenters. The number of amides is 1. The van der Waals surface area contributed by atoms with Crippen LogP contribution in [-0.2, 0) is 9.59 Å². The van der Waals surface area contributed by atoms with E-state index in [4.69, 9.17) is 10.8 Å². The number of carbonyl (C=O) groups is 2. The lowest BCUT2D eigenvalue weighted by atomic mass is 10.1. The highest BCUT2D eigenvalue weighted by molar-refractivity contribution is 5.86. The van der Waals surface area contributed by atoms with Crippen LogP contribution in [0.3, 0.4) is 0 Å². The van der Waals surface area contributed by atoms with Gasteiger partial charge in [0, 0.05) is 19.4 Å². The summed E-state index contributed by atoms with van der Waals surface area (Å²) in [5.41, 5.74) is 6.47. The van der Waals surface area contributed by atoms with Crippen LogP contribution in [-0.4, -0.2) is 40.0 Å². The molecule has 0 saturated heterocycles. The number of hydrogen-bond acceptors (Lipinski definition) is 4. The maximum absolute atomic E-state index is 11.9. The van der Waals surface area contributed by atoms with Crippen molar-refractivity contribution in [1.82, 2.24) is 9.88 Å². The third-order valence-electron chi connectivity index (χ3n) is 2.83. The Hall–Kier alpha value is -1.95. The van der Waals surface area contributed by atoms with Gasteiger partial charge < -0.3 is 15.7 Å². The molecule has 1 heterocycles.